The van der Waals surface area contributed by atoms with Crippen molar-refractivity contribution < 1.29 is 9.53 Å². The number of allylic oxidation sites excluding steroid dienone is 4. The molecule has 2 heteroatoms. The highest BCUT2D eigenvalue weighted by atomic mass is 16.5. The van der Waals surface area contributed by atoms with Gasteiger partial charge in [-0.2, -0.15) is 0 Å². The molecular weight excluding hydrogens is 176 g/mol. The van der Waals surface area contributed by atoms with Crippen molar-refractivity contribution in [3.05, 3.63) is 24.3 Å². The molecule has 76 valence electrons. The molecule has 1 fully saturated rings. The largest absolute Gasteiger partial charge is 0.466 e. The number of carbonyl (C=O) groups is 1. The van der Waals surface area contributed by atoms with Gasteiger partial charge < -0.3 is 4.74 Å². The predicted molar refractivity (Wildman–Crippen MR) is 54.6 cm³/mol. The second kappa shape index (κ2) is 3.99. The highest BCUT2D eigenvalue weighted by molar-refractivity contribution is 5.73. The lowest BCUT2D eigenvalue weighted by atomic mass is 9.95. The molecule has 0 saturated heterocycles. The highest BCUT2D eigenvalue weighted by Crippen LogP contribution is 2.40. The summed E-state index contributed by atoms with van der Waals surface area (Å²) in [6.45, 7) is 2.35. The first-order valence-electron chi connectivity index (χ1n) is 5.33. The van der Waals surface area contributed by atoms with E-state index in [-0.39, 0.29) is 11.9 Å². The first kappa shape index (κ1) is 9.50. The van der Waals surface area contributed by atoms with Gasteiger partial charge in [-0.15, -0.1) is 0 Å². The highest BCUT2D eigenvalue weighted by Gasteiger charge is 2.37. The van der Waals surface area contributed by atoms with Crippen molar-refractivity contribution in [2.75, 3.05) is 6.61 Å². The molecule has 0 aromatic carbocycles. The maximum absolute atomic E-state index is 11.6. The van der Waals surface area contributed by atoms with Gasteiger partial charge in [0.15, 0.2) is 0 Å². The van der Waals surface area contributed by atoms with Crippen LogP contribution in [-0.4, -0.2) is 12.6 Å². The summed E-state index contributed by atoms with van der Waals surface area (Å²) in [5.41, 5.74) is 0. The van der Waals surface area contributed by atoms with Crippen LogP contribution in [0.2, 0.25) is 0 Å². The molecule has 0 N–H and O–H groups in total. The van der Waals surface area contributed by atoms with Gasteiger partial charge in [0.1, 0.15) is 0 Å². The van der Waals surface area contributed by atoms with Crippen LogP contribution in [0.3, 0.4) is 0 Å². The fraction of sp³-hybridized carbons (Fsp3) is 0.583. The van der Waals surface area contributed by atoms with Crippen molar-refractivity contribution >= 4 is 5.97 Å². The summed E-state index contributed by atoms with van der Waals surface area (Å²) in [5.74, 6) is 1.06. The smallest absolute Gasteiger partial charge is 0.309 e. The van der Waals surface area contributed by atoms with Gasteiger partial charge in [0.2, 0.25) is 0 Å². The third-order valence-corrected chi connectivity index (χ3v) is 3.09. The number of esters is 1. The summed E-state index contributed by atoms with van der Waals surface area (Å²) < 4.78 is 5.08. The van der Waals surface area contributed by atoms with Crippen LogP contribution in [-0.2, 0) is 9.53 Å². The average Bonchev–Trinajstić information content (AvgIpc) is 2.38. The van der Waals surface area contributed by atoms with Crippen LogP contribution in [0.1, 0.15) is 19.8 Å². The summed E-state index contributed by atoms with van der Waals surface area (Å²) in [5, 5.41) is 0. The molecule has 2 bridgehead atoms. The van der Waals surface area contributed by atoms with Crippen molar-refractivity contribution in [3.63, 3.8) is 0 Å². The fourth-order valence-electron chi connectivity index (χ4n) is 2.43. The molecule has 0 radical (unpaired) electrons. The van der Waals surface area contributed by atoms with Gasteiger partial charge >= 0.3 is 5.97 Å². The molecule has 0 aliphatic heterocycles. The Bertz CT molecular complexity index is 278. The molecule has 2 aliphatic rings. The van der Waals surface area contributed by atoms with Gasteiger partial charge in [0.05, 0.1) is 12.5 Å². The molecule has 0 unspecified atom stereocenters. The van der Waals surface area contributed by atoms with E-state index in [1.54, 1.807) is 0 Å². The molecule has 2 nitrogen and oxygen atoms in total. The number of hydrogen-bond acceptors (Lipinski definition) is 2. The van der Waals surface area contributed by atoms with E-state index < -0.39 is 0 Å². The van der Waals surface area contributed by atoms with E-state index >= 15 is 0 Å². The minimum atomic E-state index is -0.0139. The third kappa shape index (κ3) is 1.74. The number of carbonyl (C=O) groups excluding carboxylic acids is 1. The molecule has 0 aromatic rings. The van der Waals surface area contributed by atoms with E-state index in [0.29, 0.717) is 18.4 Å². The monoisotopic (exact) mass is 192 g/mol. The first-order chi connectivity index (χ1) is 6.81. The van der Waals surface area contributed by atoms with Gasteiger partial charge in [-0.05, 0) is 31.6 Å². The summed E-state index contributed by atoms with van der Waals surface area (Å²) in [7, 11) is 0. The number of hydrogen-bond donors (Lipinski definition) is 0. The molecule has 2 aliphatic carbocycles. The molecule has 3 atom stereocenters. The Morgan fingerprint density at radius 2 is 2.14 bits per heavy atom. The Kier molecular flexibility index (Phi) is 2.71. The zero-order chi connectivity index (χ0) is 9.97. The van der Waals surface area contributed by atoms with Crippen molar-refractivity contribution in [3.8, 4) is 0 Å². The zero-order valence-corrected chi connectivity index (χ0v) is 8.48. The van der Waals surface area contributed by atoms with Gasteiger partial charge in [-0.1, -0.05) is 24.3 Å². The van der Waals surface area contributed by atoms with E-state index in [0.717, 1.165) is 12.8 Å². The summed E-state index contributed by atoms with van der Waals surface area (Å²) in [6.07, 6.45) is 10.6. The van der Waals surface area contributed by atoms with Crippen molar-refractivity contribution in [2.45, 2.75) is 19.8 Å². The lowest BCUT2D eigenvalue weighted by molar-refractivity contribution is -0.148. The lowest BCUT2D eigenvalue weighted by Crippen LogP contribution is -2.20. The maximum Gasteiger partial charge on any atom is 0.309 e. The van der Waals surface area contributed by atoms with E-state index in [1.165, 1.54) is 0 Å². The quantitative estimate of drug-likeness (QED) is 0.628. The zero-order valence-electron chi connectivity index (χ0n) is 8.48. The van der Waals surface area contributed by atoms with Crippen molar-refractivity contribution in [1.82, 2.24) is 0 Å². The maximum atomic E-state index is 11.6. The van der Waals surface area contributed by atoms with Crippen LogP contribution in [0.25, 0.3) is 0 Å². The van der Waals surface area contributed by atoms with E-state index in [4.69, 9.17) is 4.74 Å². The van der Waals surface area contributed by atoms with Crippen molar-refractivity contribution in [2.24, 2.45) is 17.8 Å². The fourth-order valence-corrected chi connectivity index (χ4v) is 2.43. The van der Waals surface area contributed by atoms with Crippen LogP contribution in [0.15, 0.2) is 24.3 Å². The summed E-state index contributed by atoms with van der Waals surface area (Å²) >= 11 is 0. The van der Waals surface area contributed by atoms with Crippen molar-refractivity contribution in [1.29, 1.82) is 0 Å². The Labute approximate surface area is 84.6 Å². The van der Waals surface area contributed by atoms with E-state index in [9.17, 15) is 4.79 Å². The Morgan fingerprint density at radius 3 is 2.93 bits per heavy atom. The van der Waals surface area contributed by atoms with Crippen LogP contribution >= 0.6 is 0 Å². The average molecular weight is 192 g/mol. The number of ether oxygens (including phenoxy) is 1. The minimum absolute atomic E-state index is 0.0139. The standard InChI is InChI=1S/C12H16O2/c1-2-14-12(13)11-8-9-5-3-4-6-10(11)7-9/h3-6,9-11H,2,7-8H2,1H3/t9-,10-,11+/m1/s1. The lowest BCUT2D eigenvalue weighted by Gasteiger charge is -2.14. The molecule has 0 aromatic heterocycles. The predicted octanol–water partition coefficient (Wildman–Crippen LogP) is 2.32. The number of fused-ring (bicyclic) bond motifs is 2. The minimum Gasteiger partial charge on any atom is -0.466 e. The Morgan fingerprint density at radius 1 is 1.36 bits per heavy atom. The second-order valence-corrected chi connectivity index (χ2v) is 4.02. The van der Waals surface area contributed by atoms with Crippen LogP contribution < -0.4 is 0 Å². The number of rotatable bonds is 2. The summed E-state index contributed by atoms with van der Waals surface area (Å²) in [4.78, 5) is 11.6. The summed E-state index contributed by atoms with van der Waals surface area (Å²) in [6, 6.07) is 0. The third-order valence-electron chi connectivity index (χ3n) is 3.09. The van der Waals surface area contributed by atoms with Gasteiger partial charge in [0.25, 0.3) is 0 Å². The molecule has 0 spiro atoms. The van der Waals surface area contributed by atoms with E-state index in [2.05, 4.69) is 24.3 Å². The molecule has 2 rings (SSSR count). The molecular formula is C12H16O2. The van der Waals surface area contributed by atoms with Crippen LogP contribution in [0.5, 0.6) is 0 Å². The van der Waals surface area contributed by atoms with E-state index in [1.807, 2.05) is 6.92 Å². The Balaban J connectivity index is 2.06. The second-order valence-electron chi connectivity index (χ2n) is 4.02. The van der Waals surface area contributed by atoms with Gasteiger partial charge in [-0.25, -0.2) is 0 Å². The topological polar surface area (TPSA) is 26.3 Å². The van der Waals surface area contributed by atoms with Crippen LogP contribution in [0, 0.1) is 17.8 Å². The SMILES string of the molecule is CCOC(=O)[C@H]1C[C@@H]2C=CC=C[C@@H]1C2. The first-order valence-corrected chi connectivity index (χ1v) is 5.33. The van der Waals surface area contributed by atoms with Crippen LogP contribution in [0.4, 0.5) is 0 Å². The normalized spacial score (nSPS) is 34.2. The molecule has 1 saturated carbocycles. The molecule has 0 amide bonds. The van der Waals surface area contributed by atoms with Gasteiger partial charge in [0, 0.05) is 0 Å². The van der Waals surface area contributed by atoms with Gasteiger partial charge in [-0.3, -0.25) is 4.79 Å². The molecule has 0 heterocycles. The Hall–Kier alpha value is -1.05. The molecule has 14 heavy (non-hydrogen) atoms.